The van der Waals surface area contributed by atoms with Crippen LogP contribution in [0.2, 0.25) is 0 Å². The Morgan fingerprint density at radius 2 is 2.00 bits per heavy atom. The number of hydrogen-bond acceptors (Lipinski definition) is 6. The Morgan fingerprint density at radius 1 is 1.18 bits per heavy atom. The van der Waals surface area contributed by atoms with Crippen LogP contribution in [0.4, 0.5) is 11.6 Å². The Hall–Kier alpha value is -2.83. The first-order chi connectivity index (χ1) is 10.7. The predicted molar refractivity (Wildman–Crippen MR) is 83.3 cm³/mol. The number of rotatable bonds is 4. The van der Waals surface area contributed by atoms with Gasteiger partial charge < -0.3 is 4.90 Å². The second-order valence-electron chi connectivity index (χ2n) is 5.02. The fraction of sp³-hybridized carbons (Fsp3) is 0.267. The quantitative estimate of drug-likeness (QED) is 0.637. The van der Waals surface area contributed by atoms with Crippen LogP contribution in [0.3, 0.4) is 0 Å². The van der Waals surface area contributed by atoms with Crippen molar-refractivity contribution in [2.75, 3.05) is 18.0 Å². The number of anilines is 1. The maximum absolute atomic E-state index is 10.8. The molecule has 1 fully saturated rings. The van der Waals surface area contributed by atoms with Crippen LogP contribution in [0.1, 0.15) is 24.2 Å². The van der Waals surface area contributed by atoms with Crippen molar-refractivity contribution in [3.8, 4) is 0 Å². The number of benzene rings is 1. The molecule has 112 valence electrons. The maximum atomic E-state index is 10.8. The van der Waals surface area contributed by atoms with E-state index in [-0.39, 0.29) is 5.69 Å². The van der Waals surface area contributed by atoms with Gasteiger partial charge in [-0.25, -0.2) is 9.97 Å². The summed E-state index contributed by atoms with van der Waals surface area (Å²) in [6.45, 7) is 1.94. The summed E-state index contributed by atoms with van der Waals surface area (Å²) in [6.07, 6.45) is 7.30. The molecule has 0 atom stereocenters. The van der Waals surface area contributed by atoms with Crippen molar-refractivity contribution < 1.29 is 4.92 Å². The van der Waals surface area contributed by atoms with Gasteiger partial charge in [-0.1, -0.05) is 18.2 Å². The predicted octanol–water partition coefficient (Wildman–Crippen LogP) is 2.55. The highest BCUT2D eigenvalue weighted by molar-refractivity contribution is 5.68. The lowest BCUT2D eigenvalue weighted by molar-refractivity contribution is -0.384. The molecule has 1 aromatic heterocycles. The van der Waals surface area contributed by atoms with E-state index < -0.39 is 4.92 Å². The van der Waals surface area contributed by atoms with Gasteiger partial charge in [0.25, 0.3) is 5.69 Å². The van der Waals surface area contributed by atoms with Crippen molar-refractivity contribution in [3.63, 3.8) is 0 Å². The summed E-state index contributed by atoms with van der Waals surface area (Å²) in [6, 6.07) is 6.43. The maximum Gasteiger partial charge on any atom is 0.270 e. The van der Waals surface area contributed by atoms with Crippen molar-refractivity contribution in [1.82, 2.24) is 15.0 Å². The molecule has 3 rings (SSSR count). The van der Waals surface area contributed by atoms with Crippen LogP contribution >= 0.6 is 0 Å². The van der Waals surface area contributed by atoms with Gasteiger partial charge in [0.1, 0.15) is 6.33 Å². The van der Waals surface area contributed by atoms with Crippen molar-refractivity contribution in [1.29, 1.82) is 0 Å². The van der Waals surface area contributed by atoms with Crippen molar-refractivity contribution >= 4 is 23.8 Å². The van der Waals surface area contributed by atoms with Crippen molar-refractivity contribution in [2.45, 2.75) is 12.8 Å². The fourth-order valence-corrected chi connectivity index (χ4v) is 2.36. The first-order valence-corrected chi connectivity index (χ1v) is 7.09. The third-order valence-corrected chi connectivity index (χ3v) is 3.47. The molecule has 1 aliphatic rings. The molecule has 0 radical (unpaired) electrons. The highest BCUT2D eigenvalue weighted by Gasteiger charge is 2.14. The highest BCUT2D eigenvalue weighted by atomic mass is 16.6. The Kier molecular flexibility index (Phi) is 4.04. The monoisotopic (exact) mass is 297 g/mol. The van der Waals surface area contributed by atoms with E-state index in [9.17, 15) is 10.1 Å². The lowest BCUT2D eigenvalue weighted by atomic mass is 10.2. The van der Waals surface area contributed by atoms with Gasteiger partial charge in [-0.15, -0.1) is 0 Å². The average Bonchev–Trinajstić information content (AvgIpc) is 3.08. The molecule has 0 N–H and O–H groups in total. The summed E-state index contributed by atoms with van der Waals surface area (Å²) in [5, 5.41) is 10.8. The molecule has 22 heavy (non-hydrogen) atoms. The first-order valence-electron chi connectivity index (χ1n) is 7.09. The lowest BCUT2D eigenvalue weighted by Gasteiger charge is -2.14. The largest absolute Gasteiger partial charge is 0.341 e. The van der Waals surface area contributed by atoms with Gasteiger partial charge in [0.2, 0.25) is 5.95 Å². The van der Waals surface area contributed by atoms with Gasteiger partial charge in [0.05, 0.1) is 4.92 Å². The van der Waals surface area contributed by atoms with Gasteiger partial charge in [-0.2, -0.15) is 4.98 Å². The van der Waals surface area contributed by atoms with E-state index in [0.29, 0.717) is 11.8 Å². The third kappa shape index (κ3) is 3.25. The molecule has 1 aliphatic heterocycles. The Bertz CT molecular complexity index is 711. The van der Waals surface area contributed by atoms with Crippen molar-refractivity contribution in [3.05, 3.63) is 52.1 Å². The first kappa shape index (κ1) is 14.1. The molecule has 2 heterocycles. The molecule has 2 aromatic rings. The molecular weight excluding hydrogens is 282 g/mol. The third-order valence-electron chi connectivity index (χ3n) is 3.47. The molecule has 7 heteroatoms. The average molecular weight is 297 g/mol. The van der Waals surface area contributed by atoms with Crippen LogP contribution in [0.15, 0.2) is 30.6 Å². The number of nitro benzene ring substituents is 1. The summed E-state index contributed by atoms with van der Waals surface area (Å²) in [5.41, 5.74) is 0.799. The van der Waals surface area contributed by atoms with Crippen LogP contribution in [0, 0.1) is 10.1 Å². The summed E-state index contributed by atoms with van der Waals surface area (Å²) in [7, 11) is 0. The SMILES string of the molecule is O=[N+]([O-])c1cccc(C=Cc2ncnc(N3CCCC3)n2)c1. The molecule has 0 spiro atoms. The molecule has 0 saturated carbocycles. The minimum atomic E-state index is -0.411. The van der Waals surface area contributed by atoms with E-state index in [1.54, 1.807) is 24.3 Å². The van der Waals surface area contributed by atoms with Crippen LogP contribution in [-0.2, 0) is 0 Å². The van der Waals surface area contributed by atoms with Crippen LogP contribution in [0.5, 0.6) is 0 Å². The standard InChI is InChI=1S/C15H15N5O2/c21-20(22)13-5-3-4-12(10-13)6-7-14-16-11-17-15(18-14)19-8-1-2-9-19/h3-7,10-11H,1-2,8-9H2. The van der Waals surface area contributed by atoms with E-state index >= 15 is 0 Å². The molecule has 0 bridgehead atoms. The van der Waals surface area contributed by atoms with Crippen LogP contribution < -0.4 is 4.90 Å². The number of aromatic nitrogens is 3. The van der Waals surface area contributed by atoms with Gasteiger partial charge in [0.15, 0.2) is 5.82 Å². The smallest absolute Gasteiger partial charge is 0.270 e. The second-order valence-corrected chi connectivity index (χ2v) is 5.02. The molecular formula is C15H15N5O2. The van der Waals surface area contributed by atoms with E-state index in [1.807, 2.05) is 0 Å². The molecule has 0 unspecified atom stereocenters. The summed E-state index contributed by atoms with van der Waals surface area (Å²) < 4.78 is 0. The number of hydrogen-bond donors (Lipinski definition) is 0. The van der Waals surface area contributed by atoms with E-state index in [0.717, 1.165) is 31.5 Å². The highest BCUT2D eigenvalue weighted by Crippen LogP contribution is 2.17. The zero-order valence-corrected chi connectivity index (χ0v) is 11.9. The van der Waals surface area contributed by atoms with E-state index in [1.165, 1.54) is 18.5 Å². The van der Waals surface area contributed by atoms with Gasteiger partial charge in [0, 0.05) is 25.2 Å². The Balaban J connectivity index is 1.79. The fourth-order valence-electron chi connectivity index (χ4n) is 2.36. The Morgan fingerprint density at radius 3 is 2.77 bits per heavy atom. The minimum Gasteiger partial charge on any atom is -0.341 e. The molecule has 1 aromatic carbocycles. The Labute approximate surface area is 127 Å². The summed E-state index contributed by atoms with van der Waals surface area (Å²) in [5.74, 6) is 1.23. The summed E-state index contributed by atoms with van der Waals surface area (Å²) >= 11 is 0. The zero-order chi connectivity index (χ0) is 15.4. The number of nitro groups is 1. The molecule has 0 aliphatic carbocycles. The lowest BCUT2D eigenvalue weighted by Crippen LogP contribution is -2.20. The summed E-state index contributed by atoms with van der Waals surface area (Å²) in [4.78, 5) is 25.2. The minimum absolute atomic E-state index is 0.0653. The van der Waals surface area contributed by atoms with Gasteiger partial charge >= 0.3 is 0 Å². The number of non-ortho nitro benzene ring substituents is 1. The van der Waals surface area contributed by atoms with Crippen molar-refractivity contribution in [2.24, 2.45) is 0 Å². The number of nitrogens with zero attached hydrogens (tertiary/aromatic N) is 5. The van der Waals surface area contributed by atoms with Crippen LogP contribution in [-0.4, -0.2) is 33.0 Å². The van der Waals surface area contributed by atoms with E-state index in [2.05, 4.69) is 19.9 Å². The second kappa shape index (κ2) is 6.30. The normalized spacial score (nSPS) is 14.6. The molecule has 1 saturated heterocycles. The zero-order valence-electron chi connectivity index (χ0n) is 11.9. The van der Waals surface area contributed by atoms with Gasteiger partial charge in [-0.3, -0.25) is 10.1 Å². The molecule has 7 nitrogen and oxygen atoms in total. The molecule has 0 amide bonds. The topological polar surface area (TPSA) is 85.0 Å². The van der Waals surface area contributed by atoms with E-state index in [4.69, 9.17) is 0 Å². The van der Waals surface area contributed by atoms with Gasteiger partial charge in [-0.05, 0) is 24.5 Å². The van der Waals surface area contributed by atoms with Crippen LogP contribution in [0.25, 0.3) is 12.2 Å².